The molecule has 0 radical (unpaired) electrons. The molecule has 2 N–H and O–H groups in total. The van der Waals surface area contributed by atoms with Crippen LogP contribution in [-0.4, -0.2) is 62.4 Å². The van der Waals surface area contributed by atoms with Crippen molar-refractivity contribution in [3.63, 3.8) is 0 Å². The summed E-state index contributed by atoms with van der Waals surface area (Å²) in [4.78, 5) is 31.9. The first-order chi connectivity index (χ1) is 9.54. The van der Waals surface area contributed by atoms with Crippen LogP contribution in [0, 0.1) is 5.92 Å². The Morgan fingerprint density at radius 2 is 2.10 bits per heavy atom. The monoisotopic (exact) mass is 291 g/mol. The molecule has 0 aliphatic carbocycles. The van der Waals surface area contributed by atoms with E-state index in [1.165, 1.54) is 14.0 Å². The Kier molecular flexibility index (Phi) is 6.36. The number of nitrogens with one attached hydrogen (secondary N) is 1. The summed E-state index contributed by atoms with van der Waals surface area (Å²) in [6, 6.07) is -0.871. The third-order valence-electron chi connectivity index (χ3n) is 2.92. The quantitative estimate of drug-likeness (QED) is 0.524. The molecule has 0 aromatic heterocycles. The van der Waals surface area contributed by atoms with E-state index < -0.39 is 36.6 Å². The predicted molar refractivity (Wildman–Crippen MR) is 61.9 cm³/mol. The minimum Gasteiger partial charge on any atom is -0.467 e. The molecule has 1 amide bonds. The first kappa shape index (κ1) is 16.3. The smallest absolute Gasteiger partial charge is 0.295 e. The van der Waals surface area contributed by atoms with Crippen molar-refractivity contribution in [2.75, 3.05) is 13.7 Å². The minimum atomic E-state index is -1.43. The summed E-state index contributed by atoms with van der Waals surface area (Å²) in [5, 5.41) is 12.3. The molecule has 9 nitrogen and oxygen atoms in total. The zero-order valence-electron chi connectivity index (χ0n) is 11.1. The number of carbonyl (C=O) groups excluding carboxylic acids is 3. The average molecular weight is 291 g/mol. The van der Waals surface area contributed by atoms with Crippen molar-refractivity contribution in [1.82, 2.24) is 5.32 Å². The topological polar surface area (TPSA) is 120 Å². The van der Waals surface area contributed by atoms with Gasteiger partial charge in [-0.1, -0.05) is 0 Å². The van der Waals surface area contributed by atoms with Gasteiger partial charge in [-0.25, -0.2) is 0 Å². The number of hydrogen-bond acceptors (Lipinski definition) is 8. The van der Waals surface area contributed by atoms with E-state index in [4.69, 9.17) is 9.47 Å². The van der Waals surface area contributed by atoms with Gasteiger partial charge in [0.05, 0.1) is 18.6 Å². The molecule has 0 spiro atoms. The van der Waals surface area contributed by atoms with Crippen LogP contribution in [0.25, 0.3) is 0 Å². The SMILES string of the molecule is CO[C@@H]1C(OC=O)O[C@@H](O)C(NC(C)=O)[C@H]1COC=O. The van der Waals surface area contributed by atoms with E-state index in [2.05, 4.69) is 14.8 Å². The Morgan fingerprint density at radius 3 is 2.60 bits per heavy atom. The molecule has 114 valence electrons. The third-order valence-corrected chi connectivity index (χ3v) is 2.92. The minimum absolute atomic E-state index is 0.147. The van der Waals surface area contributed by atoms with Gasteiger partial charge >= 0.3 is 0 Å². The average Bonchev–Trinajstić information content (AvgIpc) is 2.39. The maximum Gasteiger partial charge on any atom is 0.295 e. The van der Waals surface area contributed by atoms with Crippen molar-refractivity contribution < 1.29 is 38.4 Å². The number of ether oxygens (including phenoxy) is 4. The van der Waals surface area contributed by atoms with E-state index >= 15 is 0 Å². The number of aliphatic hydroxyl groups is 1. The zero-order valence-corrected chi connectivity index (χ0v) is 11.1. The van der Waals surface area contributed by atoms with E-state index in [-0.39, 0.29) is 19.6 Å². The van der Waals surface area contributed by atoms with E-state index in [9.17, 15) is 19.5 Å². The molecule has 20 heavy (non-hydrogen) atoms. The van der Waals surface area contributed by atoms with Crippen LogP contribution < -0.4 is 5.32 Å². The van der Waals surface area contributed by atoms with Gasteiger partial charge in [0.15, 0.2) is 6.29 Å². The van der Waals surface area contributed by atoms with Gasteiger partial charge in [-0.3, -0.25) is 14.4 Å². The van der Waals surface area contributed by atoms with Gasteiger partial charge in [-0.05, 0) is 0 Å². The normalized spacial score (nSPS) is 33.0. The number of aliphatic hydroxyl groups excluding tert-OH is 1. The molecule has 0 aromatic carbocycles. The molecule has 1 fully saturated rings. The van der Waals surface area contributed by atoms with Crippen LogP contribution in [0.3, 0.4) is 0 Å². The second kappa shape index (κ2) is 7.78. The highest BCUT2D eigenvalue weighted by atomic mass is 16.8. The van der Waals surface area contributed by atoms with Crippen molar-refractivity contribution in [3.05, 3.63) is 0 Å². The summed E-state index contributed by atoms with van der Waals surface area (Å²) in [5.74, 6) is -1.05. The lowest BCUT2D eigenvalue weighted by Crippen LogP contribution is -2.62. The Labute approximate surface area is 115 Å². The summed E-state index contributed by atoms with van der Waals surface area (Å²) in [5.41, 5.74) is 0. The second-order valence-corrected chi connectivity index (χ2v) is 4.15. The van der Waals surface area contributed by atoms with Crippen LogP contribution in [0.2, 0.25) is 0 Å². The Morgan fingerprint density at radius 1 is 1.40 bits per heavy atom. The molecule has 5 atom stereocenters. The highest BCUT2D eigenvalue weighted by Crippen LogP contribution is 2.28. The lowest BCUT2D eigenvalue weighted by atomic mass is 9.90. The van der Waals surface area contributed by atoms with Crippen molar-refractivity contribution in [3.8, 4) is 0 Å². The number of amides is 1. The Balaban J connectivity index is 2.94. The van der Waals surface area contributed by atoms with Crippen LogP contribution in [-0.2, 0) is 33.3 Å². The maximum absolute atomic E-state index is 11.2. The van der Waals surface area contributed by atoms with Gasteiger partial charge in [0.2, 0.25) is 12.2 Å². The van der Waals surface area contributed by atoms with Crippen molar-refractivity contribution in [2.24, 2.45) is 5.92 Å². The molecule has 1 aliphatic heterocycles. The lowest BCUT2D eigenvalue weighted by molar-refractivity contribution is -0.302. The first-order valence-corrected chi connectivity index (χ1v) is 5.83. The van der Waals surface area contributed by atoms with E-state index in [1.54, 1.807) is 0 Å². The summed E-state index contributed by atoms with van der Waals surface area (Å²) >= 11 is 0. The number of methoxy groups -OCH3 is 1. The van der Waals surface area contributed by atoms with Gasteiger partial charge in [0.1, 0.15) is 6.10 Å². The van der Waals surface area contributed by atoms with Crippen LogP contribution in [0.1, 0.15) is 6.92 Å². The Hall–Kier alpha value is -1.71. The molecule has 1 rings (SSSR count). The number of carbonyl (C=O) groups is 3. The molecular weight excluding hydrogens is 274 g/mol. The summed E-state index contributed by atoms with van der Waals surface area (Å²) in [6.07, 6.45) is -3.42. The molecule has 1 aliphatic rings. The Bertz CT molecular complexity index is 349. The zero-order chi connectivity index (χ0) is 15.1. The summed E-state index contributed by atoms with van der Waals surface area (Å²) < 4.78 is 19.6. The first-order valence-electron chi connectivity index (χ1n) is 5.83. The largest absolute Gasteiger partial charge is 0.467 e. The van der Waals surface area contributed by atoms with Gasteiger partial charge < -0.3 is 29.4 Å². The molecule has 1 saturated heterocycles. The number of rotatable bonds is 7. The fraction of sp³-hybridized carbons (Fsp3) is 0.727. The van der Waals surface area contributed by atoms with Gasteiger partial charge in [-0.15, -0.1) is 0 Å². The van der Waals surface area contributed by atoms with Crippen LogP contribution in [0.15, 0.2) is 0 Å². The van der Waals surface area contributed by atoms with E-state index in [0.29, 0.717) is 0 Å². The van der Waals surface area contributed by atoms with Crippen molar-refractivity contribution in [1.29, 1.82) is 0 Å². The number of hydrogen-bond donors (Lipinski definition) is 2. The molecule has 0 bridgehead atoms. The summed E-state index contributed by atoms with van der Waals surface area (Å²) in [6.45, 7) is 1.50. The molecule has 1 heterocycles. The molecule has 2 unspecified atom stereocenters. The molecule has 9 heteroatoms. The highest BCUT2D eigenvalue weighted by molar-refractivity contribution is 5.73. The van der Waals surface area contributed by atoms with Crippen LogP contribution >= 0.6 is 0 Å². The van der Waals surface area contributed by atoms with Crippen molar-refractivity contribution in [2.45, 2.75) is 31.6 Å². The van der Waals surface area contributed by atoms with Crippen molar-refractivity contribution >= 4 is 18.9 Å². The van der Waals surface area contributed by atoms with Gasteiger partial charge in [0.25, 0.3) is 12.9 Å². The van der Waals surface area contributed by atoms with Crippen LogP contribution in [0.4, 0.5) is 0 Å². The standard InChI is InChI=1S/C11H17NO8/c1-6(15)12-8-7(3-18-4-13)9(17-2)11(19-5-14)20-10(8)16/h4-5,7-11,16H,3H2,1-2H3,(H,12,15)/t7-,8?,9+,10-,11?/m1/s1. The van der Waals surface area contributed by atoms with E-state index in [1.807, 2.05) is 0 Å². The second-order valence-electron chi connectivity index (χ2n) is 4.15. The van der Waals surface area contributed by atoms with Gasteiger partial charge in [0, 0.05) is 14.0 Å². The molecular formula is C11H17NO8. The fourth-order valence-electron chi connectivity index (χ4n) is 2.13. The third kappa shape index (κ3) is 3.89. The summed E-state index contributed by atoms with van der Waals surface area (Å²) in [7, 11) is 1.34. The van der Waals surface area contributed by atoms with E-state index in [0.717, 1.165) is 0 Å². The maximum atomic E-state index is 11.2. The highest BCUT2D eigenvalue weighted by Gasteiger charge is 2.47. The van der Waals surface area contributed by atoms with Crippen LogP contribution in [0.5, 0.6) is 0 Å². The molecule has 0 saturated carbocycles. The fourth-order valence-corrected chi connectivity index (χ4v) is 2.13. The predicted octanol–water partition coefficient (Wildman–Crippen LogP) is -1.86. The van der Waals surface area contributed by atoms with Gasteiger partial charge in [-0.2, -0.15) is 0 Å². The molecule has 0 aromatic rings. The lowest BCUT2D eigenvalue weighted by Gasteiger charge is -2.42.